The summed E-state index contributed by atoms with van der Waals surface area (Å²) in [5.41, 5.74) is 3.42. The highest BCUT2D eigenvalue weighted by molar-refractivity contribution is 5.90. The fourth-order valence-electron chi connectivity index (χ4n) is 3.77. The first-order chi connectivity index (χ1) is 12.4. The first-order valence-electron chi connectivity index (χ1n) is 9.47. The van der Waals surface area contributed by atoms with Crippen molar-refractivity contribution in [3.63, 3.8) is 0 Å². The molecule has 0 atom stereocenters. The second-order valence-electron chi connectivity index (χ2n) is 7.68. The zero-order valence-electron chi connectivity index (χ0n) is 16.3. The molecule has 0 bridgehead atoms. The highest BCUT2D eigenvalue weighted by Gasteiger charge is 2.25. The SMILES string of the molecule is Cc1c(CC(=O)N2CCN(C(=O)CC(C)C)CC2)c2ccccc2n1C. The number of para-hydroxylation sites is 1. The fraction of sp³-hybridized carbons (Fsp3) is 0.524. The molecule has 1 aliphatic heterocycles. The molecule has 1 aromatic carbocycles. The number of benzene rings is 1. The summed E-state index contributed by atoms with van der Waals surface area (Å²) in [4.78, 5) is 28.8. The van der Waals surface area contributed by atoms with Crippen LogP contribution in [0.4, 0.5) is 0 Å². The Bertz CT molecular complexity index is 814. The highest BCUT2D eigenvalue weighted by atomic mass is 16.2. The van der Waals surface area contributed by atoms with Crippen molar-refractivity contribution in [3.05, 3.63) is 35.5 Å². The molecule has 3 rings (SSSR count). The van der Waals surface area contributed by atoms with Crippen LogP contribution in [0.1, 0.15) is 31.5 Å². The molecule has 0 aliphatic carbocycles. The summed E-state index contributed by atoms with van der Waals surface area (Å²) in [6, 6.07) is 8.23. The largest absolute Gasteiger partial charge is 0.348 e. The molecule has 26 heavy (non-hydrogen) atoms. The minimum atomic E-state index is 0.153. The monoisotopic (exact) mass is 355 g/mol. The van der Waals surface area contributed by atoms with Crippen molar-refractivity contribution in [1.82, 2.24) is 14.4 Å². The summed E-state index contributed by atoms with van der Waals surface area (Å²) in [5.74, 6) is 0.730. The van der Waals surface area contributed by atoms with Gasteiger partial charge in [0.15, 0.2) is 0 Å². The average molecular weight is 355 g/mol. The standard InChI is InChI=1S/C21H29N3O2/c1-15(2)13-20(25)23-9-11-24(12-10-23)21(26)14-18-16(3)22(4)19-8-6-5-7-17(18)19/h5-8,15H,9-14H2,1-4H3. The van der Waals surface area contributed by atoms with Gasteiger partial charge in [0.05, 0.1) is 6.42 Å². The Hall–Kier alpha value is -2.30. The van der Waals surface area contributed by atoms with Crippen LogP contribution in [-0.4, -0.2) is 52.4 Å². The second kappa shape index (κ2) is 7.52. The molecule has 140 valence electrons. The first-order valence-corrected chi connectivity index (χ1v) is 9.47. The van der Waals surface area contributed by atoms with Gasteiger partial charge in [-0.15, -0.1) is 0 Å². The Kier molecular flexibility index (Phi) is 5.35. The van der Waals surface area contributed by atoms with Crippen molar-refractivity contribution >= 4 is 22.7 Å². The Morgan fingerprint density at radius 3 is 2.19 bits per heavy atom. The van der Waals surface area contributed by atoms with Crippen molar-refractivity contribution < 1.29 is 9.59 Å². The molecule has 2 heterocycles. The fourth-order valence-corrected chi connectivity index (χ4v) is 3.77. The first kappa shape index (κ1) is 18.5. The molecule has 0 N–H and O–H groups in total. The van der Waals surface area contributed by atoms with Gasteiger partial charge in [0, 0.05) is 56.2 Å². The van der Waals surface area contributed by atoms with Gasteiger partial charge >= 0.3 is 0 Å². The number of carbonyl (C=O) groups excluding carboxylic acids is 2. The van der Waals surface area contributed by atoms with Gasteiger partial charge < -0.3 is 14.4 Å². The van der Waals surface area contributed by atoms with Gasteiger partial charge in [-0.1, -0.05) is 32.0 Å². The van der Waals surface area contributed by atoms with E-state index in [4.69, 9.17) is 0 Å². The van der Waals surface area contributed by atoms with Crippen LogP contribution in [0.2, 0.25) is 0 Å². The zero-order valence-corrected chi connectivity index (χ0v) is 16.3. The summed E-state index contributed by atoms with van der Waals surface area (Å²) >= 11 is 0. The molecule has 0 unspecified atom stereocenters. The summed E-state index contributed by atoms with van der Waals surface area (Å²) in [6.07, 6.45) is 1.01. The van der Waals surface area contributed by atoms with Crippen molar-refractivity contribution in [1.29, 1.82) is 0 Å². The molecule has 1 saturated heterocycles. The van der Waals surface area contributed by atoms with Gasteiger partial charge in [-0.05, 0) is 24.5 Å². The molecule has 1 aliphatic rings. The van der Waals surface area contributed by atoms with Crippen molar-refractivity contribution in [2.45, 2.75) is 33.6 Å². The van der Waals surface area contributed by atoms with Crippen molar-refractivity contribution in [2.24, 2.45) is 13.0 Å². The second-order valence-corrected chi connectivity index (χ2v) is 7.68. The molecule has 0 spiro atoms. The van der Waals surface area contributed by atoms with E-state index in [0.717, 1.165) is 22.2 Å². The van der Waals surface area contributed by atoms with E-state index in [9.17, 15) is 9.59 Å². The van der Waals surface area contributed by atoms with E-state index in [1.54, 1.807) is 0 Å². The van der Waals surface area contributed by atoms with E-state index in [1.165, 1.54) is 0 Å². The summed E-state index contributed by atoms with van der Waals surface area (Å²) in [6.45, 7) is 8.75. The van der Waals surface area contributed by atoms with E-state index in [2.05, 4.69) is 37.5 Å². The molecule has 0 radical (unpaired) electrons. The molecule has 2 aromatic rings. The number of nitrogens with zero attached hydrogens (tertiary/aromatic N) is 3. The third-order valence-electron chi connectivity index (χ3n) is 5.43. The number of aryl methyl sites for hydroxylation is 1. The number of rotatable bonds is 4. The van der Waals surface area contributed by atoms with Crippen molar-refractivity contribution in [3.8, 4) is 0 Å². The quantitative estimate of drug-likeness (QED) is 0.847. The Labute approximate surface area is 155 Å². The molecule has 5 nitrogen and oxygen atoms in total. The van der Waals surface area contributed by atoms with Gasteiger partial charge in [-0.25, -0.2) is 0 Å². The molecule has 1 fully saturated rings. The number of piperazine rings is 1. The third kappa shape index (κ3) is 3.62. The Balaban J connectivity index is 1.66. The normalized spacial score (nSPS) is 15.1. The van der Waals surface area contributed by atoms with E-state index in [0.29, 0.717) is 44.9 Å². The maximum absolute atomic E-state index is 12.8. The predicted octanol–water partition coefficient (Wildman–Crippen LogP) is 2.75. The predicted molar refractivity (Wildman–Crippen MR) is 104 cm³/mol. The van der Waals surface area contributed by atoms with Crippen LogP contribution in [0.15, 0.2) is 24.3 Å². The molecule has 2 amide bonds. The molecular weight excluding hydrogens is 326 g/mol. The van der Waals surface area contributed by atoms with Crippen LogP contribution < -0.4 is 0 Å². The van der Waals surface area contributed by atoms with E-state index in [-0.39, 0.29) is 11.8 Å². The molecular formula is C21H29N3O2. The van der Waals surface area contributed by atoms with Gasteiger partial charge in [-0.3, -0.25) is 9.59 Å². The zero-order chi connectivity index (χ0) is 18.8. The van der Waals surface area contributed by atoms with Gasteiger partial charge in [0.1, 0.15) is 0 Å². The average Bonchev–Trinajstić information content (AvgIpc) is 2.86. The van der Waals surface area contributed by atoms with Crippen LogP contribution in [0.25, 0.3) is 10.9 Å². The number of hydrogen-bond donors (Lipinski definition) is 0. The van der Waals surface area contributed by atoms with Crippen molar-refractivity contribution in [2.75, 3.05) is 26.2 Å². The lowest BCUT2D eigenvalue weighted by Gasteiger charge is -2.35. The van der Waals surface area contributed by atoms with Crippen LogP contribution in [0.5, 0.6) is 0 Å². The summed E-state index contributed by atoms with van der Waals surface area (Å²) < 4.78 is 2.15. The summed E-state index contributed by atoms with van der Waals surface area (Å²) in [7, 11) is 2.05. The number of aromatic nitrogens is 1. The van der Waals surface area contributed by atoms with Crippen LogP contribution in [0, 0.1) is 12.8 Å². The van der Waals surface area contributed by atoms with Crippen LogP contribution >= 0.6 is 0 Å². The van der Waals surface area contributed by atoms with Gasteiger partial charge in [0.2, 0.25) is 11.8 Å². The number of carbonyl (C=O) groups is 2. The van der Waals surface area contributed by atoms with E-state index < -0.39 is 0 Å². The Morgan fingerprint density at radius 1 is 1.00 bits per heavy atom. The number of amides is 2. The molecule has 0 saturated carbocycles. The lowest BCUT2D eigenvalue weighted by Crippen LogP contribution is -2.51. The topological polar surface area (TPSA) is 45.6 Å². The van der Waals surface area contributed by atoms with Crippen LogP contribution in [0.3, 0.4) is 0 Å². The molecule has 1 aromatic heterocycles. The van der Waals surface area contributed by atoms with E-state index in [1.807, 2.05) is 29.0 Å². The maximum Gasteiger partial charge on any atom is 0.227 e. The Morgan fingerprint density at radius 2 is 1.58 bits per heavy atom. The lowest BCUT2D eigenvalue weighted by molar-refractivity contribution is -0.139. The number of hydrogen-bond acceptors (Lipinski definition) is 2. The summed E-state index contributed by atoms with van der Waals surface area (Å²) in [5, 5.41) is 1.16. The lowest BCUT2D eigenvalue weighted by atomic mass is 10.1. The minimum absolute atomic E-state index is 0.153. The number of fused-ring (bicyclic) bond motifs is 1. The highest BCUT2D eigenvalue weighted by Crippen LogP contribution is 2.25. The molecule has 5 heteroatoms. The van der Waals surface area contributed by atoms with Crippen LogP contribution in [-0.2, 0) is 23.1 Å². The van der Waals surface area contributed by atoms with Gasteiger partial charge in [0.25, 0.3) is 0 Å². The van der Waals surface area contributed by atoms with Gasteiger partial charge in [-0.2, -0.15) is 0 Å². The minimum Gasteiger partial charge on any atom is -0.348 e. The smallest absolute Gasteiger partial charge is 0.227 e. The maximum atomic E-state index is 12.8. The van der Waals surface area contributed by atoms with E-state index >= 15 is 0 Å². The third-order valence-corrected chi connectivity index (χ3v) is 5.43.